The van der Waals surface area contributed by atoms with E-state index in [-0.39, 0.29) is 40.3 Å². The predicted octanol–water partition coefficient (Wildman–Crippen LogP) is 1.82. The van der Waals surface area contributed by atoms with Crippen LogP contribution in [0.5, 0.6) is 11.5 Å². The molecule has 1 atom stereocenters. The minimum atomic E-state index is -1.20. The molecule has 2 N–H and O–H groups in total. The highest BCUT2D eigenvalue weighted by atomic mass is 35.5. The van der Waals surface area contributed by atoms with Crippen molar-refractivity contribution in [3.63, 3.8) is 0 Å². The molecule has 1 heterocycles. The number of benzene rings is 1. The first kappa shape index (κ1) is 12.3. The van der Waals surface area contributed by atoms with Crippen LogP contribution < -0.4 is 9.47 Å². The van der Waals surface area contributed by atoms with Crippen molar-refractivity contribution in [3.8, 4) is 11.5 Å². The number of aromatic carboxylic acids is 1. The summed E-state index contributed by atoms with van der Waals surface area (Å²) < 4.78 is 10.6. The Morgan fingerprint density at radius 3 is 2.76 bits per heavy atom. The van der Waals surface area contributed by atoms with Gasteiger partial charge in [0.05, 0.1) is 17.2 Å². The quantitative estimate of drug-likeness (QED) is 0.863. The van der Waals surface area contributed by atoms with Gasteiger partial charge in [0.1, 0.15) is 11.6 Å². The van der Waals surface area contributed by atoms with Crippen LogP contribution in [-0.4, -0.2) is 35.5 Å². The van der Waals surface area contributed by atoms with Crippen LogP contribution in [0.1, 0.15) is 10.4 Å². The van der Waals surface area contributed by atoms with E-state index in [1.807, 2.05) is 0 Å². The molecule has 0 radical (unpaired) electrons. The molecule has 1 aromatic rings. The second-order valence-corrected chi connectivity index (χ2v) is 4.17. The number of aliphatic hydroxyl groups is 1. The minimum absolute atomic E-state index is 0.0280. The van der Waals surface area contributed by atoms with Gasteiger partial charge in [-0.1, -0.05) is 23.2 Å². The Labute approximate surface area is 106 Å². The summed E-state index contributed by atoms with van der Waals surface area (Å²) >= 11 is 11.7. The molecule has 0 saturated heterocycles. The van der Waals surface area contributed by atoms with E-state index in [9.17, 15) is 4.79 Å². The second kappa shape index (κ2) is 4.60. The number of carbonyl (C=O) groups is 1. The Morgan fingerprint density at radius 1 is 1.47 bits per heavy atom. The molecule has 92 valence electrons. The van der Waals surface area contributed by atoms with Gasteiger partial charge in [0.15, 0.2) is 17.6 Å². The van der Waals surface area contributed by atoms with Gasteiger partial charge in [-0.2, -0.15) is 0 Å². The second-order valence-electron chi connectivity index (χ2n) is 3.42. The molecule has 1 aliphatic rings. The normalized spacial score (nSPS) is 17.9. The van der Waals surface area contributed by atoms with Crippen LogP contribution in [-0.2, 0) is 0 Å². The minimum Gasteiger partial charge on any atom is -0.486 e. The molecule has 17 heavy (non-hydrogen) atoms. The maximum atomic E-state index is 10.9. The highest BCUT2D eigenvalue weighted by Gasteiger charge is 2.27. The van der Waals surface area contributed by atoms with Gasteiger partial charge < -0.3 is 19.7 Å². The molecule has 0 spiro atoms. The number of hydrogen-bond donors (Lipinski definition) is 2. The lowest BCUT2D eigenvalue weighted by atomic mass is 10.2. The summed E-state index contributed by atoms with van der Waals surface area (Å²) in [5.74, 6) is -0.832. The Morgan fingerprint density at radius 2 is 2.18 bits per heavy atom. The van der Waals surface area contributed by atoms with Crippen molar-refractivity contribution >= 4 is 29.2 Å². The number of ether oxygens (including phenoxy) is 2. The Kier molecular flexibility index (Phi) is 3.33. The molecule has 1 aliphatic heterocycles. The smallest absolute Gasteiger partial charge is 0.337 e. The monoisotopic (exact) mass is 278 g/mol. The van der Waals surface area contributed by atoms with E-state index >= 15 is 0 Å². The molecule has 0 fully saturated rings. The number of aliphatic hydroxyl groups excluding tert-OH is 1. The molecule has 7 heteroatoms. The van der Waals surface area contributed by atoms with Gasteiger partial charge in [-0.3, -0.25) is 0 Å². The molecule has 0 amide bonds. The third-order valence-corrected chi connectivity index (χ3v) is 3.12. The SMILES string of the molecule is O=C(O)c1cc2c(c(Cl)c1Cl)OC(CO)CO2. The first-order valence-electron chi connectivity index (χ1n) is 4.70. The topological polar surface area (TPSA) is 76.0 Å². The van der Waals surface area contributed by atoms with Gasteiger partial charge in [-0.15, -0.1) is 0 Å². The summed E-state index contributed by atoms with van der Waals surface area (Å²) in [7, 11) is 0. The molecular formula is C10H8Cl2O5. The van der Waals surface area contributed by atoms with E-state index in [1.54, 1.807) is 0 Å². The molecule has 0 aromatic heterocycles. The maximum Gasteiger partial charge on any atom is 0.337 e. The molecule has 0 aliphatic carbocycles. The van der Waals surface area contributed by atoms with Crippen LogP contribution in [0.25, 0.3) is 0 Å². The number of carboxylic acid groups (broad SMARTS) is 1. The molecule has 1 unspecified atom stereocenters. The Balaban J connectivity index is 2.51. The van der Waals surface area contributed by atoms with Crippen molar-refractivity contribution in [2.45, 2.75) is 6.10 Å². The zero-order valence-electron chi connectivity index (χ0n) is 8.44. The maximum absolute atomic E-state index is 10.9. The van der Waals surface area contributed by atoms with Crippen molar-refractivity contribution in [1.29, 1.82) is 0 Å². The average Bonchev–Trinajstić information content (AvgIpc) is 2.33. The van der Waals surface area contributed by atoms with Crippen molar-refractivity contribution in [1.82, 2.24) is 0 Å². The van der Waals surface area contributed by atoms with E-state index in [1.165, 1.54) is 6.07 Å². The summed E-state index contributed by atoms with van der Waals surface area (Å²) in [6, 6.07) is 1.25. The molecule has 5 nitrogen and oxygen atoms in total. The van der Waals surface area contributed by atoms with Crippen LogP contribution in [0.15, 0.2) is 6.07 Å². The summed E-state index contributed by atoms with van der Waals surface area (Å²) in [6.45, 7) is -0.103. The summed E-state index contributed by atoms with van der Waals surface area (Å²) in [6.07, 6.45) is -0.535. The van der Waals surface area contributed by atoms with E-state index in [0.29, 0.717) is 0 Å². The number of rotatable bonds is 2. The van der Waals surface area contributed by atoms with Crippen molar-refractivity contribution in [2.24, 2.45) is 0 Å². The highest BCUT2D eigenvalue weighted by Crippen LogP contribution is 2.44. The van der Waals surface area contributed by atoms with Crippen molar-refractivity contribution in [3.05, 3.63) is 21.7 Å². The third kappa shape index (κ3) is 2.13. The van der Waals surface area contributed by atoms with Gasteiger partial charge in [0, 0.05) is 6.07 Å². The fourth-order valence-corrected chi connectivity index (χ4v) is 1.89. The fraction of sp³-hybridized carbons (Fsp3) is 0.300. The molecule has 1 aromatic carbocycles. The predicted molar refractivity (Wildman–Crippen MR) is 60.4 cm³/mol. The number of hydrogen-bond acceptors (Lipinski definition) is 4. The van der Waals surface area contributed by atoms with Crippen LogP contribution in [0.4, 0.5) is 0 Å². The standard InChI is InChI=1S/C10H8Cl2O5/c11-7-5(10(14)15)1-6-9(8(7)12)17-4(2-13)3-16-6/h1,4,13H,2-3H2,(H,14,15). The first-order chi connectivity index (χ1) is 8.04. The number of carboxylic acids is 1. The highest BCUT2D eigenvalue weighted by molar-refractivity contribution is 6.44. The lowest BCUT2D eigenvalue weighted by Gasteiger charge is -2.26. The van der Waals surface area contributed by atoms with E-state index in [2.05, 4.69) is 0 Å². The Bertz CT molecular complexity index is 474. The largest absolute Gasteiger partial charge is 0.486 e. The van der Waals surface area contributed by atoms with E-state index in [0.717, 1.165) is 0 Å². The number of fused-ring (bicyclic) bond motifs is 1. The van der Waals surface area contributed by atoms with Gasteiger partial charge >= 0.3 is 5.97 Å². The summed E-state index contributed by atoms with van der Waals surface area (Å²) in [4.78, 5) is 10.9. The third-order valence-electron chi connectivity index (χ3n) is 2.27. The molecular weight excluding hydrogens is 271 g/mol. The molecule has 2 rings (SSSR count). The molecule has 0 bridgehead atoms. The van der Waals surface area contributed by atoms with Crippen molar-refractivity contribution in [2.75, 3.05) is 13.2 Å². The van der Waals surface area contributed by atoms with Crippen molar-refractivity contribution < 1.29 is 24.5 Å². The lowest BCUT2D eigenvalue weighted by molar-refractivity contribution is 0.0454. The van der Waals surface area contributed by atoms with Crippen LogP contribution in [0.3, 0.4) is 0 Å². The molecule has 0 saturated carbocycles. The zero-order chi connectivity index (χ0) is 12.6. The first-order valence-corrected chi connectivity index (χ1v) is 5.45. The summed E-state index contributed by atoms with van der Waals surface area (Å²) in [5, 5.41) is 17.7. The summed E-state index contributed by atoms with van der Waals surface area (Å²) in [5.41, 5.74) is -0.151. The van der Waals surface area contributed by atoms with Crippen LogP contribution >= 0.6 is 23.2 Å². The van der Waals surface area contributed by atoms with Gasteiger partial charge in [0.25, 0.3) is 0 Å². The zero-order valence-corrected chi connectivity index (χ0v) is 9.96. The van der Waals surface area contributed by atoms with Gasteiger partial charge in [-0.25, -0.2) is 4.79 Å². The average molecular weight is 279 g/mol. The number of halogens is 2. The van der Waals surface area contributed by atoms with Gasteiger partial charge in [0.2, 0.25) is 0 Å². The van der Waals surface area contributed by atoms with Crippen LogP contribution in [0, 0.1) is 0 Å². The fourth-order valence-electron chi connectivity index (χ4n) is 1.43. The van der Waals surface area contributed by atoms with E-state index < -0.39 is 12.1 Å². The van der Waals surface area contributed by atoms with Crippen LogP contribution in [0.2, 0.25) is 10.0 Å². The lowest BCUT2D eigenvalue weighted by Crippen LogP contribution is -2.32. The van der Waals surface area contributed by atoms with Gasteiger partial charge in [-0.05, 0) is 0 Å². The van der Waals surface area contributed by atoms with E-state index in [4.69, 9.17) is 42.9 Å². The Hall–Kier alpha value is -1.17.